The van der Waals surface area contributed by atoms with Crippen LogP contribution in [-0.4, -0.2) is 5.43 Å². The summed E-state index contributed by atoms with van der Waals surface area (Å²) in [5.74, 6) is 3.45. The quantitative estimate of drug-likeness (QED) is 0.143. The molecule has 0 N–H and O–H groups in total. The number of benzene rings is 4. The summed E-state index contributed by atoms with van der Waals surface area (Å²) in [5.41, 5.74) is 15.8. The van der Waals surface area contributed by atoms with Gasteiger partial charge in [-0.2, -0.15) is 0 Å². The van der Waals surface area contributed by atoms with Gasteiger partial charge in [0.1, 0.15) is 0 Å². The van der Waals surface area contributed by atoms with Crippen LogP contribution in [0.5, 0.6) is 0 Å². The Kier molecular flexibility index (Phi) is 9.70. The number of aryl methyl sites for hydroxylation is 6. The summed E-state index contributed by atoms with van der Waals surface area (Å²) in [7, 11) is 17.9. The predicted molar refractivity (Wildman–Crippen MR) is 229 cm³/mol. The average Bonchev–Trinajstić information content (AvgIpc) is 3.96. The molecule has 6 heteroatoms. The third kappa shape index (κ3) is 5.90. The molecule has 54 heavy (non-hydrogen) atoms. The molecule has 0 saturated carbocycles. The van der Waals surface area contributed by atoms with Gasteiger partial charge in [0.15, 0.2) is 0 Å². The number of fused-ring (bicyclic) bond motifs is 2. The van der Waals surface area contributed by atoms with Crippen LogP contribution in [0.3, 0.4) is 0 Å². The van der Waals surface area contributed by atoms with Crippen LogP contribution in [0, 0.1) is 27.7 Å². The van der Waals surface area contributed by atoms with Crippen LogP contribution < -0.4 is 0 Å². The molecule has 2 aliphatic carbocycles. The number of hydrogen-bond acceptors (Lipinski definition) is 2. The Hall–Kier alpha value is -3.40. The van der Waals surface area contributed by atoms with Crippen molar-refractivity contribution in [2.45, 2.75) is 74.7 Å². The molecule has 0 radical (unpaired) electrons. The second-order valence-electron chi connectivity index (χ2n) is 15.7. The molecule has 2 atom stereocenters. The molecule has 2 aromatic heterocycles. The van der Waals surface area contributed by atoms with E-state index in [9.17, 15) is 0 Å². The van der Waals surface area contributed by atoms with Gasteiger partial charge in [-0.15, -0.1) is 0 Å². The molecule has 0 amide bonds. The van der Waals surface area contributed by atoms with E-state index < -0.39 is 20.4 Å². The van der Waals surface area contributed by atoms with Gasteiger partial charge in [0.2, 0.25) is 0 Å². The maximum atomic E-state index is 8.94. The number of hydrogen-bond donors (Lipinski definition) is 0. The van der Waals surface area contributed by atoms with Crippen molar-refractivity contribution in [1.82, 2.24) is 0 Å². The fourth-order valence-corrected chi connectivity index (χ4v) is 36.9. The fraction of sp³-hybridized carbons (Fsp3) is 0.250. The summed E-state index contributed by atoms with van der Waals surface area (Å²) in [6.07, 6.45) is 6.59. The Morgan fingerprint density at radius 1 is 0.537 bits per heavy atom. The Bertz CT molecular complexity index is 2420. The Labute approximate surface area is 328 Å². The van der Waals surface area contributed by atoms with Crippen molar-refractivity contribution in [2.75, 3.05) is 0 Å². The summed E-state index contributed by atoms with van der Waals surface area (Å²) < 4.78 is 12.7. The van der Waals surface area contributed by atoms with E-state index in [1.165, 1.54) is 66.8 Å². The minimum atomic E-state index is -5.36. The van der Waals surface area contributed by atoms with E-state index in [0.717, 1.165) is 47.0 Å². The van der Waals surface area contributed by atoms with Crippen LogP contribution in [0.25, 0.3) is 45.6 Å². The van der Waals surface area contributed by atoms with E-state index in [0.29, 0.717) is 0 Å². The first-order valence-electron chi connectivity index (χ1n) is 19.2. The second-order valence-corrected chi connectivity index (χ2v) is 54.5. The zero-order valence-electron chi connectivity index (χ0n) is 32.5. The molecule has 0 saturated heterocycles. The van der Waals surface area contributed by atoms with E-state index in [2.05, 4.69) is 150 Å². The third-order valence-electron chi connectivity index (χ3n) is 12.1. The molecule has 0 aliphatic heterocycles. The van der Waals surface area contributed by atoms with Gasteiger partial charge in [-0.3, -0.25) is 0 Å². The summed E-state index contributed by atoms with van der Waals surface area (Å²) >= 11 is -5.36. The van der Waals surface area contributed by atoms with Crippen molar-refractivity contribution in [2.24, 2.45) is 0 Å². The van der Waals surface area contributed by atoms with E-state index in [1.807, 2.05) is 13.8 Å². The van der Waals surface area contributed by atoms with Crippen molar-refractivity contribution in [3.05, 3.63) is 165 Å². The normalized spacial score (nSPS) is 16.6. The van der Waals surface area contributed by atoms with Crippen molar-refractivity contribution >= 4 is 45.8 Å². The Morgan fingerprint density at radius 3 is 1.24 bits per heavy atom. The van der Waals surface area contributed by atoms with Crippen LogP contribution in [0.15, 0.2) is 106 Å². The Balaban J connectivity index is 1.47. The molecule has 0 spiro atoms. The molecule has 8 rings (SSSR count). The van der Waals surface area contributed by atoms with Gasteiger partial charge in [-0.1, -0.05) is 0 Å². The molecule has 274 valence electrons. The standard InChI is InChI=1S/2C23H21O.C2H6Si.2ClH.Zr/c2*1-4-17-10-11-19-13-20(22-12-7-16(3)24-22)14-21(19)23(17)18-8-5-15(2)6-9-18;1-3-2;;;/h2*5-14H,4H2,1-3H3;1-2H3;2*1H;/q;;;;;+2/p-2. The summed E-state index contributed by atoms with van der Waals surface area (Å²) in [5, 5.41) is 0. The van der Waals surface area contributed by atoms with Gasteiger partial charge in [0.05, 0.1) is 0 Å². The van der Waals surface area contributed by atoms with Crippen molar-refractivity contribution in [1.29, 1.82) is 0 Å². The van der Waals surface area contributed by atoms with Gasteiger partial charge in [0, 0.05) is 0 Å². The van der Waals surface area contributed by atoms with Gasteiger partial charge >= 0.3 is 331 Å². The first kappa shape index (κ1) is 37.5. The van der Waals surface area contributed by atoms with Crippen LogP contribution in [0.1, 0.15) is 88.6 Å². The van der Waals surface area contributed by atoms with E-state index in [-0.39, 0.29) is 7.25 Å². The fourth-order valence-electron chi connectivity index (χ4n) is 9.19. The van der Waals surface area contributed by atoms with Crippen molar-refractivity contribution < 1.29 is 23.8 Å². The molecular formula is C48H48Cl2O2SiZr. The molecule has 2 unspecified atom stereocenters. The molecule has 2 aliphatic rings. The zero-order valence-corrected chi connectivity index (χ0v) is 37.5. The molecule has 2 heterocycles. The SMILES string of the molecule is CCc1ccc2c(c1-c1ccc(C)cc1)C=C(c1ccc(C)o1)[CH]2[Zr]([Cl])([Cl])([CH]1C(c2ccc(C)o2)=Cc2c1ccc(CC)c2-c1ccc(C)cc1)=[Si](C)C. The van der Waals surface area contributed by atoms with E-state index in [1.54, 1.807) is 0 Å². The van der Waals surface area contributed by atoms with Gasteiger partial charge in [-0.25, -0.2) is 0 Å². The van der Waals surface area contributed by atoms with E-state index >= 15 is 0 Å². The van der Waals surface area contributed by atoms with Gasteiger partial charge in [0.25, 0.3) is 0 Å². The zero-order chi connectivity index (χ0) is 38.1. The van der Waals surface area contributed by atoms with Crippen LogP contribution in [-0.2, 0) is 27.9 Å². The number of rotatable bonds is 8. The maximum absolute atomic E-state index is 8.94. The number of furan rings is 2. The summed E-state index contributed by atoms with van der Waals surface area (Å²) in [6, 6.07) is 35.6. The third-order valence-corrected chi connectivity index (χ3v) is 58.3. The summed E-state index contributed by atoms with van der Waals surface area (Å²) in [4.78, 5) is 0. The molecule has 2 nitrogen and oxygen atoms in total. The Morgan fingerprint density at radius 2 is 0.926 bits per heavy atom. The molecule has 0 bridgehead atoms. The first-order valence-corrected chi connectivity index (χ1v) is 34.6. The predicted octanol–water partition coefficient (Wildman–Crippen LogP) is 14.7. The second kappa shape index (κ2) is 14.0. The number of allylic oxidation sites excluding steroid dienone is 2. The van der Waals surface area contributed by atoms with Crippen molar-refractivity contribution in [3.8, 4) is 22.3 Å². The minimum absolute atomic E-state index is 0.210. The average molecular weight is 847 g/mol. The number of halogens is 2. The molecule has 6 aromatic rings. The first-order chi connectivity index (χ1) is 25.8. The van der Waals surface area contributed by atoms with E-state index in [4.69, 9.17) is 25.9 Å². The van der Waals surface area contributed by atoms with Crippen LogP contribution >= 0.6 is 17.0 Å². The summed E-state index contributed by atoms with van der Waals surface area (Å²) in [6.45, 7) is 17.5. The van der Waals surface area contributed by atoms with Crippen LogP contribution in [0.2, 0.25) is 13.1 Å². The van der Waals surface area contributed by atoms with Crippen molar-refractivity contribution in [3.63, 3.8) is 0 Å². The van der Waals surface area contributed by atoms with Gasteiger partial charge in [-0.05, 0) is 0 Å². The topological polar surface area (TPSA) is 26.3 Å². The van der Waals surface area contributed by atoms with Gasteiger partial charge < -0.3 is 0 Å². The molecule has 4 aromatic carbocycles. The van der Waals surface area contributed by atoms with Crippen LogP contribution in [0.4, 0.5) is 0 Å². The monoisotopic (exact) mass is 844 g/mol. The molecule has 0 fully saturated rings. The molecular weight excluding hydrogens is 799 g/mol.